The van der Waals surface area contributed by atoms with Crippen LogP contribution in [0.1, 0.15) is 11.8 Å². The third-order valence-electron chi connectivity index (χ3n) is 5.88. The first-order chi connectivity index (χ1) is 15.7. The summed E-state index contributed by atoms with van der Waals surface area (Å²) >= 11 is 0. The Labute approximate surface area is 185 Å². The van der Waals surface area contributed by atoms with Gasteiger partial charge in [-0.15, -0.1) is 0 Å². The Morgan fingerprint density at radius 1 is 0.844 bits per heavy atom. The van der Waals surface area contributed by atoms with Crippen LogP contribution in [0.15, 0.2) is 78.9 Å². The van der Waals surface area contributed by atoms with Gasteiger partial charge in [0.05, 0.1) is 17.6 Å². The quantitative estimate of drug-likeness (QED) is 0.375. The SMILES string of the molecule is OC[C@H]1O[C@@H](n2c(NCc3ccc(-c4ccccc4)cc3)nc3ccccc32)[C@H](O)[C@@H]1O. The van der Waals surface area contributed by atoms with Crippen molar-refractivity contribution in [3.8, 4) is 11.1 Å². The topological polar surface area (TPSA) is 99.8 Å². The maximum atomic E-state index is 10.6. The Balaban J connectivity index is 1.41. The molecule has 3 aromatic carbocycles. The number of aliphatic hydroxyl groups is 3. The van der Waals surface area contributed by atoms with Crippen molar-refractivity contribution in [3.05, 3.63) is 84.4 Å². The van der Waals surface area contributed by atoms with Gasteiger partial charge >= 0.3 is 0 Å². The fourth-order valence-corrected chi connectivity index (χ4v) is 4.15. The molecule has 1 fully saturated rings. The highest BCUT2D eigenvalue weighted by Crippen LogP contribution is 2.35. The van der Waals surface area contributed by atoms with Crippen LogP contribution in [0.3, 0.4) is 0 Å². The zero-order valence-corrected chi connectivity index (χ0v) is 17.4. The number of nitrogens with zero attached hydrogens (tertiary/aromatic N) is 2. The number of anilines is 1. The van der Waals surface area contributed by atoms with Crippen LogP contribution in [0.4, 0.5) is 5.95 Å². The Morgan fingerprint density at radius 3 is 2.25 bits per heavy atom. The summed E-state index contributed by atoms with van der Waals surface area (Å²) in [5.74, 6) is 0.521. The van der Waals surface area contributed by atoms with Gasteiger partial charge < -0.3 is 25.4 Å². The van der Waals surface area contributed by atoms with Gasteiger partial charge in [-0.1, -0.05) is 66.7 Å². The Hall–Kier alpha value is -3.23. The van der Waals surface area contributed by atoms with Crippen molar-refractivity contribution in [1.82, 2.24) is 9.55 Å². The molecule has 0 radical (unpaired) electrons. The zero-order valence-electron chi connectivity index (χ0n) is 17.4. The molecule has 4 N–H and O–H groups in total. The van der Waals surface area contributed by atoms with E-state index in [2.05, 4.69) is 46.7 Å². The number of imidazole rings is 1. The van der Waals surface area contributed by atoms with Gasteiger partial charge in [-0.05, 0) is 28.8 Å². The summed E-state index contributed by atoms with van der Waals surface area (Å²) in [5.41, 5.74) is 4.90. The van der Waals surface area contributed by atoms with Crippen LogP contribution < -0.4 is 5.32 Å². The largest absolute Gasteiger partial charge is 0.394 e. The third kappa shape index (κ3) is 3.76. The standard InChI is InChI=1S/C25H25N3O4/c29-15-21-22(30)23(31)24(32-21)28-20-9-5-4-8-19(20)27-25(28)26-14-16-10-12-18(13-11-16)17-6-2-1-3-7-17/h1-13,21-24,29-31H,14-15H2,(H,26,27)/t21-,22-,23-,24-/m1/s1. The number of aliphatic hydroxyl groups excluding tert-OH is 3. The van der Waals surface area contributed by atoms with Crippen LogP contribution in [0.2, 0.25) is 0 Å². The van der Waals surface area contributed by atoms with Crippen molar-refractivity contribution in [3.63, 3.8) is 0 Å². The number of benzene rings is 3. The monoisotopic (exact) mass is 431 g/mol. The number of fused-ring (bicyclic) bond motifs is 1. The lowest BCUT2D eigenvalue weighted by molar-refractivity contribution is -0.0499. The predicted molar refractivity (Wildman–Crippen MR) is 122 cm³/mol. The molecule has 4 aromatic rings. The highest BCUT2D eigenvalue weighted by molar-refractivity contribution is 5.79. The molecule has 4 atom stereocenters. The molecule has 1 aromatic heterocycles. The van der Waals surface area contributed by atoms with Gasteiger partial charge in [0.25, 0.3) is 0 Å². The molecule has 164 valence electrons. The van der Waals surface area contributed by atoms with Crippen molar-refractivity contribution in [2.45, 2.75) is 31.1 Å². The van der Waals surface area contributed by atoms with Crippen LogP contribution in [-0.2, 0) is 11.3 Å². The Morgan fingerprint density at radius 2 is 1.53 bits per heavy atom. The number of nitrogens with one attached hydrogen (secondary N) is 1. The van der Waals surface area contributed by atoms with E-state index in [0.29, 0.717) is 12.5 Å². The maximum Gasteiger partial charge on any atom is 0.206 e. The summed E-state index contributed by atoms with van der Waals surface area (Å²) in [6.45, 7) is 0.144. The van der Waals surface area contributed by atoms with Gasteiger partial charge in [-0.2, -0.15) is 0 Å². The molecule has 1 saturated heterocycles. The molecule has 1 aliphatic heterocycles. The Bertz CT molecular complexity index is 1190. The van der Waals surface area contributed by atoms with Crippen molar-refractivity contribution in [1.29, 1.82) is 0 Å². The van der Waals surface area contributed by atoms with Gasteiger partial charge in [-0.3, -0.25) is 4.57 Å². The molecule has 0 bridgehead atoms. The molecular formula is C25H25N3O4. The van der Waals surface area contributed by atoms with E-state index in [-0.39, 0.29) is 6.61 Å². The molecule has 0 aliphatic carbocycles. The van der Waals surface area contributed by atoms with E-state index in [1.165, 1.54) is 0 Å². The molecule has 0 amide bonds. The summed E-state index contributed by atoms with van der Waals surface area (Å²) in [6, 6.07) is 26.0. The van der Waals surface area contributed by atoms with E-state index in [4.69, 9.17) is 4.74 Å². The minimum atomic E-state index is -1.18. The lowest BCUT2D eigenvalue weighted by Gasteiger charge is -2.20. The first-order valence-corrected chi connectivity index (χ1v) is 10.6. The second-order valence-electron chi connectivity index (χ2n) is 7.94. The van der Waals surface area contributed by atoms with Crippen LogP contribution >= 0.6 is 0 Å². The smallest absolute Gasteiger partial charge is 0.206 e. The molecule has 0 spiro atoms. The van der Waals surface area contributed by atoms with Gasteiger partial charge in [-0.25, -0.2) is 4.98 Å². The Kier molecular flexibility index (Phi) is 5.63. The number of hydrogen-bond donors (Lipinski definition) is 4. The van der Waals surface area contributed by atoms with Crippen molar-refractivity contribution in [2.24, 2.45) is 0 Å². The number of aromatic nitrogens is 2. The van der Waals surface area contributed by atoms with Gasteiger partial charge in [0.2, 0.25) is 5.95 Å². The highest BCUT2D eigenvalue weighted by Gasteiger charge is 2.44. The first kappa shape index (κ1) is 20.7. The zero-order chi connectivity index (χ0) is 22.1. The fraction of sp³-hybridized carbons (Fsp3) is 0.240. The van der Waals surface area contributed by atoms with Crippen LogP contribution in [-0.4, -0.2) is 49.8 Å². The average Bonchev–Trinajstić information content (AvgIpc) is 3.35. The summed E-state index contributed by atoms with van der Waals surface area (Å²) in [6.07, 6.45) is -4.08. The van der Waals surface area contributed by atoms with Crippen LogP contribution in [0.25, 0.3) is 22.2 Å². The molecule has 1 aliphatic rings. The lowest BCUT2D eigenvalue weighted by atomic mass is 10.0. The van der Waals surface area contributed by atoms with E-state index < -0.39 is 24.5 Å². The molecule has 32 heavy (non-hydrogen) atoms. The minimum absolute atomic E-state index is 0.377. The second-order valence-corrected chi connectivity index (χ2v) is 7.94. The molecule has 7 nitrogen and oxygen atoms in total. The molecule has 0 unspecified atom stereocenters. The van der Waals surface area contributed by atoms with E-state index in [1.54, 1.807) is 4.57 Å². The summed E-state index contributed by atoms with van der Waals surface area (Å²) in [7, 11) is 0. The van der Waals surface area contributed by atoms with E-state index in [1.807, 2.05) is 42.5 Å². The normalized spacial score (nSPS) is 23.0. The van der Waals surface area contributed by atoms with Crippen LogP contribution in [0.5, 0.6) is 0 Å². The van der Waals surface area contributed by atoms with E-state index in [9.17, 15) is 15.3 Å². The molecular weight excluding hydrogens is 406 g/mol. The first-order valence-electron chi connectivity index (χ1n) is 10.6. The number of para-hydroxylation sites is 2. The van der Waals surface area contributed by atoms with Crippen molar-refractivity contribution >= 4 is 17.0 Å². The predicted octanol–water partition coefficient (Wildman–Crippen LogP) is 2.93. The molecule has 5 rings (SSSR count). The van der Waals surface area contributed by atoms with Gasteiger partial charge in [0, 0.05) is 6.54 Å². The highest BCUT2D eigenvalue weighted by atomic mass is 16.6. The minimum Gasteiger partial charge on any atom is -0.394 e. The summed E-state index contributed by atoms with van der Waals surface area (Å²) in [4.78, 5) is 4.66. The summed E-state index contributed by atoms with van der Waals surface area (Å²) < 4.78 is 7.53. The second kappa shape index (κ2) is 8.72. The molecule has 2 heterocycles. The third-order valence-corrected chi connectivity index (χ3v) is 5.88. The van der Waals surface area contributed by atoms with E-state index >= 15 is 0 Å². The van der Waals surface area contributed by atoms with Crippen molar-refractivity contribution in [2.75, 3.05) is 11.9 Å². The van der Waals surface area contributed by atoms with Gasteiger partial charge in [0.15, 0.2) is 6.23 Å². The number of ether oxygens (including phenoxy) is 1. The average molecular weight is 431 g/mol. The van der Waals surface area contributed by atoms with Gasteiger partial charge in [0.1, 0.15) is 18.3 Å². The van der Waals surface area contributed by atoms with Crippen LogP contribution in [0, 0.1) is 0 Å². The summed E-state index contributed by atoms with van der Waals surface area (Å²) in [5, 5.41) is 33.6. The molecule has 7 heteroatoms. The lowest BCUT2D eigenvalue weighted by Crippen LogP contribution is -2.33. The fourth-order valence-electron chi connectivity index (χ4n) is 4.15. The molecule has 0 saturated carbocycles. The van der Waals surface area contributed by atoms with E-state index in [0.717, 1.165) is 27.7 Å². The number of hydrogen-bond acceptors (Lipinski definition) is 6. The number of rotatable bonds is 6. The maximum absolute atomic E-state index is 10.6. The van der Waals surface area contributed by atoms with Crippen molar-refractivity contribution < 1.29 is 20.1 Å².